The van der Waals surface area contributed by atoms with E-state index in [-0.39, 0.29) is 18.4 Å². The number of phenols is 1. The van der Waals surface area contributed by atoms with Gasteiger partial charge in [-0.1, -0.05) is 0 Å². The minimum Gasteiger partial charge on any atom is -0.508 e. The van der Waals surface area contributed by atoms with Crippen molar-refractivity contribution in [2.75, 3.05) is 0 Å². The molecule has 2 rings (SSSR count). The topological polar surface area (TPSA) is 66.5 Å². The Morgan fingerprint density at radius 3 is 2.92 bits per heavy atom. The molecule has 1 aliphatic carbocycles. The maximum atomic E-state index is 9.48. The molecule has 70 valence electrons. The van der Waals surface area contributed by atoms with Gasteiger partial charge in [-0.05, 0) is 36.1 Å². The monoisotopic (exact) mass is 179 g/mol. The Hall–Kier alpha value is -1.06. The summed E-state index contributed by atoms with van der Waals surface area (Å²) in [5.41, 5.74) is 8.61. The lowest BCUT2D eigenvalue weighted by atomic mass is 10.0. The zero-order valence-electron chi connectivity index (χ0n) is 7.33. The molecule has 0 unspecified atom stereocenters. The van der Waals surface area contributed by atoms with E-state index < -0.39 is 0 Å². The molecule has 0 heterocycles. The van der Waals surface area contributed by atoms with Crippen molar-refractivity contribution in [3.05, 3.63) is 28.8 Å². The number of aromatic hydroxyl groups is 1. The van der Waals surface area contributed by atoms with Crippen molar-refractivity contribution in [1.29, 1.82) is 0 Å². The molecule has 0 saturated carbocycles. The molecule has 1 aliphatic rings. The van der Waals surface area contributed by atoms with Crippen LogP contribution in [-0.4, -0.2) is 10.2 Å². The summed E-state index contributed by atoms with van der Waals surface area (Å²) >= 11 is 0. The predicted molar refractivity (Wildman–Crippen MR) is 49.3 cm³/mol. The fraction of sp³-hybridized carbons (Fsp3) is 0.400. The van der Waals surface area contributed by atoms with Gasteiger partial charge in [0.2, 0.25) is 0 Å². The molecule has 13 heavy (non-hydrogen) atoms. The number of aliphatic hydroxyl groups is 1. The summed E-state index contributed by atoms with van der Waals surface area (Å²) in [5, 5.41) is 18.4. The molecule has 0 bridgehead atoms. The number of aryl methyl sites for hydroxylation is 1. The number of rotatable bonds is 1. The summed E-state index contributed by atoms with van der Waals surface area (Å²) < 4.78 is 0. The van der Waals surface area contributed by atoms with Crippen LogP contribution in [-0.2, 0) is 13.0 Å². The van der Waals surface area contributed by atoms with E-state index in [1.54, 1.807) is 6.07 Å². The summed E-state index contributed by atoms with van der Waals surface area (Å²) in [6.07, 6.45) is 1.88. The third-order valence-electron chi connectivity index (χ3n) is 2.63. The van der Waals surface area contributed by atoms with Crippen molar-refractivity contribution in [2.45, 2.75) is 25.5 Å². The number of nitrogens with two attached hydrogens (primary N) is 1. The highest BCUT2D eigenvalue weighted by Crippen LogP contribution is 2.33. The van der Waals surface area contributed by atoms with Crippen molar-refractivity contribution >= 4 is 0 Å². The maximum Gasteiger partial charge on any atom is 0.121 e. The average Bonchev–Trinajstić information content (AvgIpc) is 2.47. The van der Waals surface area contributed by atoms with Crippen LogP contribution in [0.5, 0.6) is 5.75 Å². The van der Waals surface area contributed by atoms with Gasteiger partial charge >= 0.3 is 0 Å². The lowest BCUT2D eigenvalue weighted by Crippen LogP contribution is -2.05. The van der Waals surface area contributed by atoms with E-state index in [0.717, 1.165) is 24.0 Å². The smallest absolute Gasteiger partial charge is 0.121 e. The number of benzene rings is 1. The molecule has 0 aliphatic heterocycles. The van der Waals surface area contributed by atoms with Gasteiger partial charge in [0.1, 0.15) is 5.75 Å². The highest BCUT2D eigenvalue weighted by molar-refractivity contribution is 5.45. The van der Waals surface area contributed by atoms with Crippen molar-refractivity contribution in [3.8, 4) is 5.75 Å². The first-order valence-corrected chi connectivity index (χ1v) is 4.43. The molecule has 0 aromatic heterocycles. The van der Waals surface area contributed by atoms with E-state index in [4.69, 9.17) is 10.8 Å². The van der Waals surface area contributed by atoms with Gasteiger partial charge in [-0.25, -0.2) is 0 Å². The summed E-state index contributed by atoms with van der Waals surface area (Å²) in [4.78, 5) is 0. The third kappa shape index (κ3) is 1.30. The highest BCUT2D eigenvalue weighted by Gasteiger charge is 2.20. The lowest BCUT2D eigenvalue weighted by Gasteiger charge is -2.07. The van der Waals surface area contributed by atoms with E-state index in [1.165, 1.54) is 0 Å². The first-order chi connectivity index (χ1) is 6.22. The van der Waals surface area contributed by atoms with Gasteiger partial charge in [0.05, 0.1) is 6.61 Å². The second-order valence-corrected chi connectivity index (χ2v) is 3.48. The van der Waals surface area contributed by atoms with Crippen molar-refractivity contribution in [3.63, 3.8) is 0 Å². The van der Waals surface area contributed by atoms with Crippen LogP contribution in [0.25, 0.3) is 0 Å². The Bertz CT molecular complexity index is 336. The second kappa shape index (κ2) is 3.01. The van der Waals surface area contributed by atoms with Crippen LogP contribution in [0.15, 0.2) is 12.1 Å². The van der Waals surface area contributed by atoms with Gasteiger partial charge < -0.3 is 15.9 Å². The van der Waals surface area contributed by atoms with Crippen LogP contribution >= 0.6 is 0 Å². The SMILES string of the molecule is N[C@H]1CCc2cc(CO)c(O)cc21. The van der Waals surface area contributed by atoms with Crippen molar-refractivity contribution in [1.82, 2.24) is 0 Å². The average molecular weight is 179 g/mol. The number of hydrogen-bond donors (Lipinski definition) is 3. The van der Waals surface area contributed by atoms with Crippen LogP contribution < -0.4 is 5.73 Å². The van der Waals surface area contributed by atoms with Gasteiger partial charge in [0.15, 0.2) is 0 Å². The molecule has 1 atom stereocenters. The quantitative estimate of drug-likeness (QED) is 0.598. The lowest BCUT2D eigenvalue weighted by molar-refractivity contribution is 0.275. The summed E-state index contributed by atoms with van der Waals surface area (Å²) in [6.45, 7) is -0.117. The van der Waals surface area contributed by atoms with Crippen molar-refractivity contribution in [2.24, 2.45) is 5.73 Å². The van der Waals surface area contributed by atoms with E-state index in [1.807, 2.05) is 6.07 Å². The molecule has 1 aromatic carbocycles. The van der Waals surface area contributed by atoms with Gasteiger partial charge in [-0.15, -0.1) is 0 Å². The molecule has 0 fully saturated rings. The fourth-order valence-corrected chi connectivity index (χ4v) is 1.86. The zero-order valence-corrected chi connectivity index (χ0v) is 7.33. The van der Waals surface area contributed by atoms with Gasteiger partial charge in [0.25, 0.3) is 0 Å². The predicted octanol–water partition coefficient (Wildman–Crippen LogP) is 0.831. The largest absolute Gasteiger partial charge is 0.508 e. The molecule has 0 radical (unpaired) electrons. The maximum absolute atomic E-state index is 9.48. The summed E-state index contributed by atoms with van der Waals surface area (Å²) in [6, 6.07) is 3.57. The molecular weight excluding hydrogens is 166 g/mol. The van der Waals surface area contributed by atoms with Crippen LogP contribution in [0, 0.1) is 0 Å². The molecular formula is C10H13NO2. The minimum absolute atomic E-state index is 0.0497. The Morgan fingerprint density at radius 1 is 1.46 bits per heavy atom. The Balaban J connectivity index is 2.50. The van der Waals surface area contributed by atoms with E-state index in [0.29, 0.717) is 5.56 Å². The normalized spacial score (nSPS) is 20.3. The summed E-state index contributed by atoms with van der Waals surface area (Å²) in [7, 11) is 0. The van der Waals surface area contributed by atoms with Gasteiger partial charge in [-0.3, -0.25) is 0 Å². The fourth-order valence-electron chi connectivity index (χ4n) is 1.86. The first-order valence-electron chi connectivity index (χ1n) is 4.43. The van der Waals surface area contributed by atoms with Crippen LogP contribution in [0.2, 0.25) is 0 Å². The van der Waals surface area contributed by atoms with E-state index in [9.17, 15) is 5.11 Å². The van der Waals surface area contributed by atoms with Crippen molar-refractivity contribution < 1.29 is 10.2 Å². The van der Waals surface area contributed by atoms with Gasteiger partial charge in [0, 0.05) is 11.6 Å². The standard InChI is InChI=1S/C10H13NO2/c11-9-2-1-6-3-7(5-12)10(13)4-8(6)9/h3-4,9,12-13H,1-2,5,11H2/t9-/m0/s1. The Kier molecular flexibility index (Phi) is 1.98. The van der Waals surface area contributed by atoms with Crippen LogP contribution in [0.4, 0.5) is 0 Å². The minimum atomic E-state index is -0.117. The molecule has 0 saturated heterocycles. The molecule has 1 aromatic rings. The number of aliphatic hydroxyl groups excluding tert-OH is 1. The second-order valence-electron chi connectivity index (χ2n) is 3.48. The highest BCUT2D eigenvalue weighted by atomic mass is 16.3. The van der Waals surface area contributed by atoms with E-state index >= 15 is 0 Å². The first kappa shape index (κ1) is 8.53. The van der Waals surface area contributed by atoms with Crippen LogP contribution in [0.1, 0.15) is 29.2 Å². The Labute approximate surface area is 76.8 Å². The zero-order chi connectivity index (χ0) is 9.42. The summed E-state index contributed by atoms with van der Waals surface area (Å²) in [5.74, 6) is 0.151. The number of fused-ring (bicyclic) bond motifs is 1. The molecule has 0 spiro atoms. The molecule has 3 nitrogen and oxygen atoms in total. The third-order valence-corrected chi connectivity index (χ3v) is 2.63. The molecule has 3 heteroatoms. The molecule has 0 amide bonds. The van der Waals surface area contributed by atoms with E-state index in [2.05, 4.69) is 0 Å². The Morgan fingerprint density at radius 2 is 2.23 bits per heavy atom. The molecule has 4 N–H and O–H groups in total. The number of hydrogen-bond acceptors (Lipinski definition) is 3. The van der Waals surface area contributed by atoms with Gasteiger partial charge in [-0.2, -0.15) is 0 Å². The van der Waals surface area contributed by atoms with Crippen LogP contribution in [0.3, 0.4) is 0 Å².